The van der Waals surface area contributed by atoms with Gasteiger partial charge in [0.2, 0.25) is 5.91 Å². The summed E-state index contributed by atoms with van der Waals surface area (Å²) in [4.78, 5) is 27.2. The van der Waals surface area contributed by atoms with Crippen LogP contribution in [0.25, 0.3) is 0 Å². The minimum atomic E-state index is -0.322. The number of methoxy groups -OCH3 is 2. The predicted octanol–water partition coefficient (Wildman–Crippen LogP) is 0.802. The topological polar surface area (TPSA) is 89.1 Å². The number of piperidine rings is 1. The number of amides is 2. The first-order valence-electron chi connectivity index (χ1n) is 9.70. The lowest BCUT2D eigenvalue weighted by Gasteiger charge is -2.35. The van der Waals surface area contributed by atoms with Crippen LogP contribution in [-0.2, 0) is 9.53 Å². The number of carbonyl (C=O) groups is 2. The second-order valence-electron chi connectivity index (χ2n) is 7.15. The predicted molar refractivity (Wildman–Crippen MR) is 104 cm³/mol. The van der Waals surface area contributed by atoms with E-state index in [1.54, 1.807) is 30.2 Å². The second kappa shape index (κ2) is 9.25. The molecule has 28 heavy (non-hydrogen) atoms. The molecular weight excluding hydrogens is 362 g/mol. The van der Waals surface area contributed by atoms with E-state index in [0.29, 0.717) is 43.3 Å². The summed E-state index contributed by atoms with van der Waals surface area (Å²) in [7, 11) is 3.11. The van der Waals surface area contributed by atoms with Gasteiger partial charge in [0, 0.05) is 31.7 Å². The van der Waals surface area contributed by atoms with Crippen LogP contribution in [0.2, 0.25) is 0 Å². The van der Waals surface area contributed by atoms with E-state index in [4.69, 9.17) is 14.2 Å². The van der Waals surface area contributed by atoms with E-state index in [2.05, 4.69) is 10.6 Å². The average molecular weight is 391 g/mol. The van der Waals surface area contributed by atoms with Crippen molar-refractivity contribution in [2.75, 3.05) is 40.5 Å². The lowest BCUT2D eigenvalue weighted by molar-refractivity contribution is -0.129. The average Bonchev–Trinajstić information content (AvgIpc) is 2.73. The Kier molecular flexibility index (Phi) is 6.74. The molecule has 1 aromatic rings. The number of rotatable bonds is 5. The van der Waals surface area contributed by atoms with E-state index >= 15 is 0 Å². The molecule has 1 aromatic carbocycles. The molecule has 8 nitrogen and oxygen atoms in total. The van der Waals surface area contributed by atoms with Gasteiger partial charge in [-0.15, -0.1) is 0 Å². The monoisotopic (exact) mass is 391 g/mol. The SMILES string of the molecule is COc1ccc(C(=O)N2CCC(NC(=O)[C@H]3NCCO[C@@H]3C)CC2)c(OC)c1. The molecule has 2 N–H and O–H groups in total. The largest absolute Gasteiger partial charge is 0.497 e. The van der Waals surface area contributed by atoms with Crippen LogP contribution < -0.4 is 20.1 Å². The minimum Gasteiger partial charge on any atom is -0.497 e. The number of carbonyl (C=O) groups excluding carboxylic acids is 2. The normalized spacial score (nSPS) is 23.2. The van der Waals surface area contributed by atoms with Crippen LogP contribution in [0.15, 0.2) is 18.2 Å². The number of morpholine rings is 1. The Balaban J connectivity index is 1.55. The van der Waals surface area contributed by atoms with Gasteiger partial charge in [0.05, 0.1) is 32.5 Å². The Morgan fingerprint density at radius 1 is 1.21 bits per heavy atom. The van der Waals surface area contributed by atoms with Crippen molar-refractivity contribution in [2.24, 2.45) is 0 Å². The first kappa shape index (κ1) is 20.4. The van der Waals surface area contributed by atoms with Crippen molar-refractivity contribution >= 4 is 11.8 Å². The molecule has 2 amide bonds. The molecule has 0 unspecified atom stereocenters. The second-order valence-corrected chi connectivity index (χ2v) is 7.15. The molecule has 2 atom stereocenters. The first-order valence-corrected chi connectivity index (χ1v) is 9.70. The summed E-state index contributed by atoms with van der Waals surface area (Å²) in [6.45, 7) is 4.38. The summed E-state index contributed by atoms with van der Waals surface area (Å²) in [5.74, 6) is 1.04. The number of nitrogens with one attached hydrogen (secondary N) is 2. The van der Waals surface area contributed by atoms with Gasteiger partial charge in [0.15, 0.2) is 0 Å². The molecule has 2 heterocycles. The molecule has 0 aromatic heterocycles. The van der Waals surface area contributed by atoms with Crippen LogP contribution in [0.4, 0.5) is 0 Å². The fraction of sp³-hybridized carbons (Fsp3) is 0.600. The molecular formula is C20H29N3O5. The zero-order chi connectivity index (χ0) is 20.1. The molecule has 2 aliphatic rings. The number of likely N-dealkylation sites (tertiary alicyclic amines) is 1. The van der Waals surface area contributed by atoms with E-state index in [-0.39, 0.29) is 30.0 Å². The van der Waals surface area contributed by atoms with E-state index in [9.17, 15) is 9.59 Å². The third-order valence-corrected chi connectivity index (χ3v) is 5.37. The van der Waals surface area contributed by atoms with Crippen LogP contribution in [0.3, 0.4) is 0 Å². The highest BCUT2D eigenvalue weighted by atomic mass is 16.5. The van der Waals surface area contributed by atoms with Gasteiger partial charge >= 0.3 is 0 Å². The van der Waals surface area contributed by atoms with E-state index in [1.165, 1.54) is 7.11 Å². The van der Waals surface area contributed by atoms with Crippen molar-refractivity contribution in [3.05, 3.63) is 23.8 Å². The van der Waals surface area contributed by atoms with Crippen molar-refractivity contribution < 1.29 is 23.8 Å². The fourth-order valence-electron chi connectivity index (χ4n) is 3.69. The Labute approximate surface area is 165 Å². The summed E-state index contributed by atoms with van der Waals surface area (Å²) in [5, 5.41) is 6.30. The van der Waals surface area contributed by atoms with Crippen LogP contribution in [0.5, 0.6) is 11.5 Å². The minimum absolute atomic E-state index is 0.0335. The molecule has 2 aliphatic heterocycles. The fourth-order valence-corrected chi connectivity index (χ4v) is 3.69. The van der Waals surface area contributed by atoms with Gasteiger partial charge in [-0.25, -0.2) is 0 Å². The summed E-state index contributed by atoms with van der Waals surface area (Å²) < 4.78 is 16.1. The van der Waals surface area contributed by atoms with E-state index in [1.807, 2.05) is 6.92 Å². The smallest absolute Gasteiger partial charge is 0.257 e. The maximum Gasteiger partial charge on any atom is 0.257 e. The van der Waals surface area contributed by atoms with Crippen molar-refractivity contribution in [2.45, 2.75) is 38.0 Å². The van der Waals surface area contributed by atoms with Crippen LogP contribution >= 0.6 is 0 Å². The first-order chi connectivity index (χ1) is 13.5. The lowest BCUT2D eigenvalue weighted by atomic mass is 10.0. The number of nitrogens with zero attached hydrogens (tertiary/aromatic N) is 1. The number of hydrogen-bond donors (Lipinski definition) is 2. The molecule has 0 aliphatic carbocycles. The Morgan fingerprint density at radius 3 is 2.61 bits per heavy atom. The molecule has 0 bridgehead atoms. The third-order valence-electron chi connectivity index (χ3n) is 5.37. The Hall–Kier alpha value is -2.32. The van der Waals surface area contributed by atoms with Gasteiger partial charge in [-0.2, -0.15) is 0 Å². The molecule has 2 fully saturated rings. The van der Waals surface area contributed by atoms with E-state index in [0.717, 1.165) is 12.8 Å². The standard InChI is InChI=1S/C20H29N3O5/c1-13-18(21-8-11-28-13)19(24)22-14-6-9-23(10-7-14)20(25)16-5-4-15(26-2)12-17(16)27-3/h4-5,12-14,18,21H,6-11H2,1-3H3,(H,22,24)/t13-,18+/m1/s1. The maximum absolute atomic E-state index is 12.9. The quantitative estimate of drug-likeness (QED) is 0.772. The van der Waals surface area contributed by atoms with Gasteiger partial charge in [0.25, 0.3) is 5.91 Å². The number of hydrogen-bond acceptors (Lipinski definition) is 6. The van der Waals surface area contributed by atoms with Gasteiger partial charge in [-0.1, -0.05) is 0 Å². The van der Waals surface area contributed by atoms with Crippen molar-refractivity contribution in [3.63, 3.8) is 0 Å². The lowest BCUT2D eigenvalue weighted by Crippen LogP contribution is -2.58. The number of benzene rings is 1. The highest BCUT2D eigenvalue weighted by Crippen LogP contribution is 2.26. The highest BCUT2D eigenvalue weighted by Gasteiger charge is 2.31. The summed E-state index contributed by atoms with van der Waals surface area (Å²) in [6.07, 6.45) is 1.30. The zero-order valence-electron chi connectivity index (χ0n) is 16.7. The maximum atomic E-state index is 12.9. The van der Waals surface area contributed by atoms with Crippen LogP contribution in [0, 0.1) is 0 Å². The molecule has 8 heteroatoms. The van der Waals surface area contributed by atoms with Crippen molar-refractivity contribution in [1.82, 2.24) is 15.5 Å². The van der Waals surface area contributed by atoms with Gasteiger partial charge in [0.1, 0.15) is 17.5 Å². The van der Waals surface area contributed by atoms with Gasteiger partial charge in [-0.3, -0.25) is 9.59 Å². The molecule has 3 rings (SSSR count). The zero-order valence-corrected chi connectivity index (χ0v) is 16.7. The highest BCUT2D eigenvalue weighted by molar-refractivity contribution is 5.97. The van der Waals surface area contributed by atoms with Gasteiger partial charge in [-0.05, 0) is 31.9 Å². The molecule has 0 spiro atoms. The van der Waals surface area contributed by atoms with Crippen molar-refractivity contribution in [1.29, 1.82) is 0 Å². The summed E-state index contributed by atoms with van der Waals surface area (Å²) >= 11 is 0. The molecule has 2 saturated heterocycles. The Bertz CT molecular complexity index is 703. The van der Waals surface area contributed by atoms with Crippen LogP contribution in [-0.4, -0.2) is 75.4 Å². The number of ether oxygens (including phenoxy) is 3. The summed E-state index contributed by atoms with van der Waals surface area (Å²) in [5.41, 5.74) is 0.517. The molecule has 0 saturated carbocycles. The molecule has 154 valence electrons. The van der Waals surface area contributed by atoms with Crippen molar-refractivity contribution in [3.8, 4) is 11.5 Å². The third kappa shape index (κ3) is 4.56. The van der Waals surface area contributed by atoms with E-state index < -0.39 is 0 Å². The van der Waals surface area contributed by atoms with Crippen LogP contribution in [0.1, 0.15) is 30.1 Å². The molecule has 0 radical (unpaired) electrons. The summed E-state index contributed by atoms with van der Waals surface area (Å²) in [6, 6.07) is 4.93. The Morgan fingerprint density at radius 2 is 1.96 bits per heavy atom. The van der Waals surface area contributed by atoms with Gasteiger partial charge < -0.3 is 29.7 Å².